The van der Waals surface area contributed by atoms with Gasteiger partial charge in [0, 0.05) is 21.8 Å². The Balaban J connectivity index is 2.20. The lowest BCUT2D eigenvalue weighted by Gasteiger charge is -2.20. The van der Waals surface area contributed by atoms with Crippen LogP contribution in [0.2, 0.25) is 0 Å². The molecule has 0 aliphatic heterocycles. The molecule has 0 saturated heterocycles. The van der Waals surface area contributed by atoms with Crippen LogP contribution in [0.15, 0.2) is 40.2 Å². The lowest BCUT2D eigenvalue weighted by molar-refractivity contribution is 0.530. The molecule has 0 radical (unpaired) electrons. The van der Waals surface area contributed by atoms with Crippen LogP contribution in [0.4, 0.5) is 0 Å². The van der Waals surface area contributed by atoms with E-state index in [9.17, 15) is 0 Å². The van der Waals surface area contributed by atoms with E-state index in [-0.39, 0.29) is 0 Å². The van der Waals surface area contributed by atoms with Gasteiger partial charge in [-0.1, -0.05) is 35.0 Å². The van der Waals surface area contributed by atoms with Crippen molar-refractivity contribution in [2.75, 3.05) is 6.54 Å². The van der Waals surface area contributed by atoms with Crippen molar-refractivity contribution in [3.63, 3.8) is 0 Å². The number of aryl methyl sites for hydroxylation is 1. The largest absolute Gasteiger partial charge is 0.310 e. The Morgan fingerprint density at radius 3 is 2.79 bits per heavy atom. The first kappa shape index (κ1) is 14.8. The van der Waals surface area contributed by atoms with E-state index in [1.165, 1.54) is 16.0 Å². The molecule has 1 atom stereocenters. The fraction of sp³-hybridized carbons (Fsp3) is 0.375. The van der Waals surface area contributed by atoms with Gasteiger partial charge >= 0.3 is 0 Å². The van der Waals surface area contributed by atoms with Gasteiger partial charge in [0.2, 0.25) is 0 Å². The Bertz CT molecular complexity index is 507. The van der Waals surface area contributed by atoms with Crippen LogP contribution in [0.5, 0.6) is 0 Å². The van der Waals surface area contributed by atoms with E-state index in [1.807, 2.05) is 11.3 Å². The van der Waals surface area contributed by atoms with Crippen molar-refractivity contribution in [2.24, 2.45) is 0 Å². The van der Waals surface area contributed by atoms with Gasteiger partial charge in [0.25, 0.3) is 0 Å². The summed E-state index contributed by atoms with van der Waals surface area (Å²) < 4.78 is 1.15. The number of halogens is 1. The molecule has 1 aromatic heterocycles. The summed E-state index contributed by atoms with van der Waals surface area (Å²) in [7, 11) is 0. The average molecular weight is 338 g/mol. The topological polar surface area (TPSA) is 12.0 Å². The summed E-state index contributed by atoms with van der Waals surface area (Å²) in [5.41, 5.74) is 2.75. The van der Waals surface area contributed by atoms with Gasteiger partial charge in [-0.2, -0.15) is 0 Å². The molecule has 0 aliphatic rings. The Hall–Kier alpha value is -0.640. The van der Waals surface area contributed by atoms with Crippen molar-refractivity contribution in [3.05, 3.63) is 56.2 Å². The third-order valence-corrected chi connectivity index (χ3v) is 4.63. The summed E-state index contributed by atoms with van der Waals surface area (Å²) in [5, 5.41) is 5.83. The number of nitrogens with one attached hydrogen (secondary N) is 1. The molecule has 19 heavy (non-hydrogen) atoms. The molecule has 2 aromatic rings. The molecule has 2 rings (SSSR count). The maximum absolute atomic E-state index is 3.68. The zero-order valence-corrected chi connectivity index (χ0v) is 13.9. The van der Waals surface area contributed by atoms with Gasteiger partial charge in [-0.25, -0.2) is 0 Å². The highest BCUT2D eigenvalue weighted by atomic mass is 79.9. The maximum atomic E-state index is 3.68. The van der Waals surface area contributed by atoms with Gasteiger partial charge in [-0.15, -0.1) is 11.3 Å². The van der Waals surface area contributed by atoms with Crippen LogP contribution in [-0.4, -0.2) is 6.54 Å². The van der Waals surface area contributed by atoms with Crippen LogP contribution in [0.25, 0.3) is 0 Å². The highest BCUT2D eigenvalue weighted by molar-refractivity contribution is 9.10. The van der Waals surface area contributed by atoms with Gasteiger partial charge in [-0.3, -0.25) is 0 Å². The summed E-state index contributed by atoms with van der Waals surface area (Å²) in [5.74, 6) is 0. The Morgan fingerprint density at radius 2 is 2.16 bits per heavy atom. The lowest BCUT2D eigenvalue weighted by atomic mass is 9.98. The minimum absolute atomic E-state index is 0.409. The number of benzene rings is 1. The van der Waals surface area contributed by atoms with E-state index in [0.717, 1.165) is 23.9 Å². The van der Waals surface area contributed by atoms with Gasteiger partial charge in [0.15, 0.2) is 0 Å². The lowest BCUT2D eigenvalue weighted by Crippen LogP contribution is -2.24. The van der Waals surface area contributed by atoms with Crippen molar-refractivity contribution in [2.45, 2.75) is 32.7 Å². The van der Waals surface area contributed by atoms with Crippen LogP contribution in [-0.2, 0) is 6.42 Å². The first-order valence-corrected chi connectivity index (χ1v) is 8.39. The van der Waals surface area contributed by atoms with Gasteiger partial charge in [0.1, 0.15) is 0 Å². The normalized spacial score (nSPS) is 12.6. The predicted octanol–water partition coefficient (Wildman–Crippen LogP) is 5.10. The second kappa shape index (κ2) is 7.22. The molecule has 3 heteroatoms. The van der Waals surface area contributed by atoms with Crippen LogP contribution in [0, 0.1) is 6.92 Å². The molecule has 0 amide bonds. The predicted molar refractivity (Wildman–Crippen MR) is 87.9 cm³/mol. The SMILES string of the molecule is CCCNC(Cc1cccs1)c1ccc(Br)cc1C. The fourth-order valence-corrected chi connectivity index (χ4v) is 3.50. The molecular formula is C16H20BrNS. The van der Waals surface area contributed by atoms with Gasteiger partial charge < -0.3 is 5.32 Å². The number of hydrogen-bond donors (Lipinski definition) is 1. The molecule has 0 spiro atoms. The highest BCUT2D eigenvalue weighted by Crippen LogP contribution is 2.26. The summed E-state index contributed by atoms with van der Waals surface area (Å²) >= 11 is 5.38. The first-order chi connectivity index (χ1) is 9.20. The van der Waals surface area contributed by atoms with Gasteiger partial charge in [0.05, 0.1) is 0 Å². The minimum atomic E-state index is 0.409. The Labute approximate surface area is 128 Å². The van der Waals surface area contributed by atoms with Crippen molar-refractivity contribution < 1.29 is 0 Å². The first-order valence-electron chi connectivity index (χ1n) is 6.72. The molecule has 1 unspecified atom stereocenters. The average Bonchev–Trinajstić information content (AvgIpc) is 2.88. The van der Waals surface area contributed by atoms with Crippen LogP contribution >= 0.6 is 27.3 Å². The maximum Gasteiger partial charge on any atom is 0.0371 e. The fourth-order valence-electron chi connectivity index (χ4n) is 2.27. The highest BCUT2D eigenvalue weighted by Gasteiger charge is 2.14. The second-order valence-electron chi connectivity index (χ2n) is 4.79. The smallest absolute Gasteiger partial charge is 0.0371 e. The Kier molecular flexibility index (Phi) is 5.61. The second-order valence-corrected chi connectivity index (χ2v) is 6.74. The van der Waals surface area contributed by atoms with Crippen LogP contribution < -0.4 is 5.32 Å². The quantitative estimate of drug-likeness (QED) is 0.772. The monoisotopic (exact) mass is 337 g/mol. The van der Waals surface area contributed by atoms with Crippen molar-refractivity contribution in [1.29, 1.82) is 0 Å². The van der Waals surface area contributed by atoms with Crippen molar-refractivity contribution >= 4 is 27.3 Å². The van der Waals surface area contributed by atoms with E-state index >= 15 is 0 Å². The van der Waals surface area contributed by atoms with E-state index in [0.29, 0.717) is 6.04 Å². The molecular weight excluding hydrogens is 318 g/mol. The Morgan fingerprint density at radius 1 is 1.32 bits per heavy atom. The molecule has 1 N–H and O–H groups in total. The number of thiophene rings is 1. The van der Waals surface area contributed by atoms with E-state index in [4.69, 9.17) is 0 Å². The van der Waals surface area contributed by atoms with Gasteiger partial charge in [-0.05, 0) is 54.6 Å². The molecule has 0 bridgehead atoms. The van der Waals surface area contributed by atoms with Crippen molar-refractivity contribution in [3.8, 4) is 0 Å². The molecule has 0 fully saturated rings. The third-order valence-electron chi connectivity index (χ3n) is 3.23. The summed E-state index contributed by atoms with van der Waals surface area (Å²) in [6, 6.07) is 11.3. The van der Waals surface area contributed by atoms with Crippen molar-refractivity contribution in [1.82, 2.24) is 5.32 Å². The number of hydrogen-bond acceptors (Lipinski definition) is 2. The zero-order valence-electron chi connectivity index (χ0n) is 11.4. The third kappa shape index (κ3) is 4.16. The number of rotatable bonds is 6. The molecule has 0 saturated carbocycles. The van der Waals surface area contributed by atoms with E-state index in [2.05, 4.69) is 70.8 Å². The minimum Gasteiger partial charge on any atom is -0.310 e. The van der Waals surface area contributed by atoms with Crippen LogP contribution in [0.1, 0.15) is 35.4 Å². The molecule has 1 aromatic carbocycles. The zero-order chi connectivity index (χ0) is 13.7. The molecule has 0 aliphatic carbocycles. The molecule has 1 heterocycles. The van der Waals surface area contributed by atoms with Crippen LogP contribution in [0.3, 0.4) is 0 Å². The summed E-state index contributed by atoms with van der Waals surface area (Å²) in [6.45, 7) is 5.46. The van der Waals surface area contributed by atoms with E-state index < -0.39 is 0 Å². The van der Waals surface area contributed by atoms with E-state index in [1.54, 1.807) is 0 Å². The molecule has 102 valence electrons. The summed E-state index contributed by atoms with van der Waals surface area (Å²) in [6.07, 6.45) is 2.23. The molecule has 1 nitrogen and oxygen atoms in total. The standard InChI is InChI=1S/C16H20BrNS/c1-3-8-18-16(11-14-5-4-9-19-14)15-7-6-13(17)10-12(15)2/h4-7,9-10,16,18H,3,8,11H2,1-2H3. The summed E-state index contributed by atoms with van der Waals surface area (Å²) in [4.78, 5) is 1.44.